The van der Waals surface area contributed by atoms with Gasteiger partial charge in [0, 0.05) is 10.8 Å². The number of carbonyl (C=O) groups excluding carboxylic acids is 1. The number of nitrogens with one attached hydrogen (secondary N) is 2. The van der Waals surface area contributed by atoms with Gasteiger partial charge in [-0.3, -0.25) is 5.43 Å². The van der Waals surface area contributed by atoms with Gasteiger partial charge < -0.3 is 10.2 Å². The molecular formula is C11H15ClN4O3. The molecule has 0 atom stereocenters. The summed E-state index contributed by atoms with van der Waals surface area (Å²) in [6.45, 7) is 2.05. The summed E-state index contributed by atoms with van der Waals surface area (Å²) in [4.78, 5) is 11.1. The number of hydrazine groups is 1. The molecule has 0 aliphatic carbocycles. The minimum atomic E-state index is -0.553. The average Bonchev–Trinajstić information content (AvgIpc) is 2.36. The number of nitrogens with zero attached hydrogens (tertiary/aromatic N) is 2. The number of amides is 1. The van der Waals surface area contributed by atoms with E-state index in [1.165, 1.54) is 0 Å². The average molecular weight is 287 g/mol. The highest BCUT2D eigenvalue weighted by Crippen LogP contribution is 2.18. The van der Waals surface area contributed by atoms with Crippen LogP contribution < -0.4 is 10.9 Å². The molecule has 1 amide bonds. The summed E-state index contributed by atoms with van der Waals surface area (Å²) in [5.74, 6) is 0.483. The second-order valence-electron chi connectivity index (χ2n) is 3.25. The minimum Gasteiger partial charge on any atom is -0.449 e. The van der Waals surface area contributed by atoms with E-state index in [4.69, 9.17) is 4.74 Å². The number of carbonyl (C=O) groups is 1. The predicted molar refractivity (Wildman–Crippen MR) is 74.2 cm³/mol. The monoisotopic (exact) mass is 286 g/mol. The fraction of sp³-hybridized carbons (Fsp3) is 0.182. The van der Waals surface area contributed by atoms with Crippen molar-refractivity contribution in [2.45, 2.75) is 6.92 Å². The Labute approximate surface area is 116 Å². The van der Waals surface area contributed by atoms with Gasteiger partial charge in [0.2, 0.25) is 0 Å². The van der Waals surface area contributed by atoms with Crippen molar-refractivity contribution in [3.8, 4) is 0 Å². The Morgan fingerprint density at radius 3 is 2.84 bits per heavy atom. The zero-order chi connectivity index (χ0) is 12.1. The first kappa shape index (κ1) is 16.9. The summed E-state index contributed by atoms with van der Waals surface area (Å²) in [6.07, 6.45) is 1.10. The smallest absolute Gasteiger partial charge is 0.425 e. The number of benzene rings is 1. The topological polar surface area (TPSA) is 108 Å². The fourth-order valence-electron chi connectivity index (χ4n) is 1.40. The van der Waals surface area contributed by atoms with Gasteiger partial charge in [-0.15, -0.1) is 17.5 Å². The quantitative estimate of drug-likeness (QED) is 0.827. The molecule has 0 saturated heterocycles. The molecule has 0 radical (unpaired) electrons. The zero-order valence-electron chi connectivity index (χ0n) is 10.2. The van der Waals surface area contributed by atoms with E-state index in [1.54, 1.807) is 13.1 Å². The maximum atomic E-state index is 11.1. The number of hydrogen-bond acceptors (Lipinski definition) is 5. The highest BCUT2D eigenvalue weighted by molar-refractivity contribution is 5.91. The van der Waals surface area contributed by atoms with Gasteiger partial charge in [-0.2, -0.15) is 5.10 Å². The lowest BCUT2D eigenvalue weighted by molar-refractivity contribution is 0.154. The zero-order valence-corrected chi connectivity index (χ0v) is 11.0. The van der Waals surface area contributed by atoms with Crippen LogP contribution in [0.25, 0.3) is 10.8 Å². The van der Waals surface area contributed by atoms with Crippen LogP contribution in [0.1, 0.15) is 6.92 Å². The maximum absolute atomic E-state index is 11.1. The Bertz CT molecular complexity index is 533. The minimum absolute atomic E-state index is 0. The first-order valence-corrected chi connectivity index (χ1v) is 5.20. The van der Waals surface area contributed by atoms with Crippen molar-refractivity contribution in [1.82, 2.24) is 15.6 Å². The Morgan fingerprint density at radius 2 is 2.11 bits per heavy atom. The van der Waals surface area contributed by atoms with Crippen LogP contribution in [0.5, 0.6) is 0 Å². The van der Waals surface area contributed by atoms with Crippen molar-refractivity contribution in [3.63, 3.8) is 0 Å². The summed E-state index contributed by atoms with van der Waals surface area (Å²) in [5.41, 5.74) is 5.05. The van der Waals surface area contributed by atoms with Crippen molar-refractivity contribution in [3.05, 3.63) is 30.5 Å². The molecule has 4 N–H and O–H groups in total. The molecule has 104 valence electrons. The van der Waals surface area contributed by atoms with Crippen molar-refractivity contribution in [2.75, 3.05) is 12.0 Å². The standard InChI is InChI=1S/C11H12N4O2.ClH.H2O/c1-2-17-11(16)15-14-10-9-6-4-3-5-8(9)7-12-13-10;;/h3-7H,2H2,1H3,(H,13,14)(H,15,16);1H;1H2. The number of ether oxygens (including phenoxy) is 1. The van der Waals surface area contributed by atoms with Crippen LogP contribution in [-0.2, 0) is 4.74 Å². The molecule has 0 aliphatic heterocycles. The second kappa shape index (κ2) is 8.06. The number of anilines is 1. The molecule has 1 heterocycles. The van der Waals surface area contributed by atoms with Crippen LogP contribution in [0.4, 0.5) is 10.6 Å². The Hall–Kier alpha value is -2.12. The van der Waals surface area contributed by atoms with Gasteiger partial charge in [-0.05, 0) is 6.92 Å². The number of rotatable bonds is 3. The summed E-state index contributed by atoms with van der Waals surface area (Å²) >= 11 is 0. The lowest BCUT2D eigenvalue weighted by atomic mass is 10.2. The van der Waals surface area contributed by atoms with E-state index in [9.17, 15) is 4.79 Å². The van der Waals surface area contributed by atoms with Crippen LogP contribution in [-0.4, -0.2) is 28.4 Å². The normalized spacial score (nSPS) is 8.89. The van der Waals surface area contributed by atoms with Gasteiger partial charge in [0.1, 0.15) is 0 Å². The molecule has 1 aromatic heterocycles. The largest absolute Gasteiger partial charge is 0.449 e. The molecule has 0 unspecified atom stereocenters. The van der Waals surface area contributed by atoms with E-state index in [0.29, 0.717) is 12.4 Å². The van der Waals surface area contributed by atoms with Crippen LogP contribution in [0.2, 0.25) is 0 Å². The number of halogens is 1. The summed E-state index contributed by atoms with van der Waals surface area (Å²) in [5, 5.41) is 9.55. The molecule has 0 bridgehead atoms. The highest BCUT2D eigenvalue weighted by Gasteiger charge is 2.04. The third-order valence-corrected chi connectivity index (χ3v) is 2.13. The molecular weight excluding hydrogens is 272 g/mol. The molecule has 0 aliphatic rings. The first-order chi connectivity index (χ1) is 8.31. The Morgan fingerprint density at radius 1 is 1.37 bits per heavy atom. The van der Waals surface area contributed by atoms with E-state index >= 15 is 0 Å². The summed E-state index contributed by atoms with van der Waals surface area (Å²) < 4.78 is 4.71. The van der Waals surface area contributed by atoms with Gasteiger partial charge in [0.25, 0.3) is 0 Å². The lowest BCUT2D eigenvalue weighted by Gasteiger charge is -2.08. The van der Waals surface area contributed by atoms with Crippen molar-refractivity contribution < 1.29 is 15.0 Å². The first-order valence-electron chi connectivity index (χ1n) is 5.20. The molecule has 0 fully saturated rings. The van der Waals surface area contributed by atoms with Crippen LogP contribution >= 0.6 is 12.4 Å². The Kier molecular flexibility index (Phi) is 7.16. The third-order valence-electron chi connectivity index (χ3n) is 2.13. The summed E-state index contributed by atoms with van der Waals surface area (Å²) in [7, 11) is 0. The molecule has 8 heteroatoms. The molecule has 0 saturated carbocycles. The van der Waals surface area contributed by atoms with E-state index in [0.717, 1.165) is 10.8 Å². The highest BCUT2D eigenvalue weighted by atomic mass is 35.5. The maximum Gasteiger partial charge on any atom is 0.425 e. The van der Waals surface area contributed by atoms with E-state index in [-0.39, 0.29) is 17.9 Å². The molecule has 1 aromatic carbocycles. The molecule has 0 spiro atoms. The lowest BCUT2D eigenvalue weighted by Crippen LogP contribution is -2.30. The van der Waals surface area contributed by atoms with E-state index in [2.05, 4.69) is 21.0 Å². The van der Waals surface area contributed by atoms with Gasteiger partial charge in [0.05, 0.1) is 12.8 Å². The molecule has 2 aromatic rings. The van der Waals surface area contributed by atoms with E-state index < -0.39 is 6.09 Å². The fourth-order valence-corrected chi connectivity index (χ4v) is 1.40. The Balaban J connectivity index is 0.00000162. The SMILES string of the molecule is CCOC(=O)NNc1nncc2ccccc12.Cl.O. The van der Waals surface area contributed by atoms with Crippen LogP contribution in [0, 0.1) is 0 Å². The van der Waals surface area contributed by atoms with Gasteiger partial charge in [0.15, 0.2) is 5.82 Å². The van der Waals surface area contributed by atoms with Gasteiger partial charge in [-0.1, -0.05) is 24.3 Å². The molecule has 19 heavy (non-hydrogen) atoms. The third kappa shape index (κ3) is 4.23. The van der Waals surface area contributed by atoms with Crippen molar-refractivity contribution >= 4 is 35.1 Å². The molecule has 7 nitrogen and oxygen atoms in total. The van der Waals surface area contributed by atoms with E-state index in [1.807, 2.05) is 24.3 Å². The molecule has 2 rings (SSSR count). The summed E-state index contributed by atoms with van der Waals surface area (Å²) in [6, 6.07) is 7.60. The van der Waals surface area contributed by atoms with Crippen LogP contribution in [0.15, 0.2) is 30.5 Å². The van der Waals surface area contributed by atoms with Crippen LogP contribution in [0.3, 0.4) is 0 Å². The van der Waals surface area contributed by atoms with Gasteiger partial charge >= 0.3 is 6.09 Å². The van der Waals surface area contributed by atoms with Crippen molar-refractivity contribution in [1.29, 1.82) is 0 Å². The number of aromatic nitrogens is 2. The number of fused-ring (bicyclic) bond motifs is 1. The van der Waals surface area contributed by atoms with Gasteiger partial charge in [-0.25, -0.2) is 10.2 Å². The number of hydrogen-bond donors (Lipinski definition) is 2. The predicted octanol–water partition coefficient (Wildman–Crippen LogP) is 1.30. The second-order valence-corrected chi connectivity index (χ2v) is 3.25. The van der Waals surface area contributed by atoms with Crippen molar-refractivity contribution in [2.24, 2.45) is 0 Å².